The summed E-state index contributed by atoms with van der Waals surface area (Å²) in [6.07, 6.45) is 6.41. The number of aryl methyl sites for hydroxylation is 1. The number of nitrogens with zero attached hydrogens (tertiary/aromatic N) is 3. The zero-order valence-electron chi connectivity index (χ0n) is 15.0. The van der Waals surface area contributed by atoms with Gasteiger partial charge >= 0.3 is 7.59 Å². The van der Waals surface area contributed by atoms with Gasteiger partial charge in [-0.3, -0.25) is 4.57 Å². The van der Waals surface area contributed by atoms with E-state index in [1.165, 1.54) is 4.08 Å². The summed E-state index contributed by atoms with van der Waals surface area (Å²) in [5, 5.41) is 0. The van der Waals surface area contributed by atoms with Crippen LogP contribution in [0.3, 0.4) is 0 Å². The number of hydrogen-bond donors (Lipinski definition) is 0. The Morgan fingerprint density at radius 2 is 1.72 bits per heavy atom. The smallest absolute Gasteiger partial charge is 0.269 e. The monoisotopic (exact) mass is 383 g/mol. The molecule has 138 valence electrons. The summed E-state index contributed by atoms with van der Waals surface area (Å²) in [6.45, 7) is 3.09. The van der Waals surface area contributed by atoms with E-state index in [9.17, 15) is 13.0 Å². The molecule has 1 aromatic rings. The summed E-state index contributed by atoms with van der Waals surface area (Å²) in [7, 11) is -3.77. The van der Waals surface area contributed by atoms with Crippen LogP contribution in [0.2, 0.25) is 0 Å². The third kappa shape index (κ3) is 3.24. The molecular formula is C17H26N3O3PS. The van der Waals surface area contributed by atoms with E-state index in [0.717, 1.165) is 18.4 Å². The van der Waals surface area contributed by atoms with Gasteiger partial charge in [-0.1, -0.05) is 29.8 Å². The highest BCUT2D eigenvalue weighted by atomic mass is 32.2. The van der Waals surface area contributed by atoms with Crippen LogP contribution in [0.4, 0.5) is 0 Å². The molecule has 1 aliphatic carbocycles. The van der Waals surface area contributed by atoms with Gasteiger partial charge in [-0.25, -0.2) is 17.8 Å². The maximum atomic E-state index is 13.9. The summed E-state index contributed by atoms with van der Waals surface area (Å²) in [6, 6.07) is 6.38. The van der Waals surface area contributed by atoms with E-state index in [1.54, 1.807) is 47.7 Å². The highest BCUT2D eigenvalue weighted by Gasteiger charge is 2.52. The van der Waals surface area contributed by atoms with E-state index in [1.807, 2.05) is 19.1 Å². The largest absolute Gasteiger partial charge is 0.300 e. The van der Waals surface area contributed by atoms with Crippen LogP contribution in [-0.4, -0.2) is 55.1 Å². The molecule has 1 heterocycles. The molecule has 3 rings (SSSR count). The molecule has 1 unspecified atom stereocenters. The van der Waals surface area contributed by atoms with Crippen LogP contribution < -0.4 is 0 Å². The van der Waals surface area contributed by atoms with E-state index >= 15 is 0 Å². The molecule has 0 bridgehead atoms. The van der Waals surface area contributed by atoms with Gasteiger partial charge in [0.25, 0.3) is 10.0 Å². The minimum absolute atomic E-state index is 0.195. The maximum absolute atomic E-state index is 13.9. The molecule has 0 aromatic heterocycles. The zero-order valence-corrected chi connectivity index (χ0v) is 16.7. The molecule has 0 N–H and O–H groups in total. The molecule has 6 nitrogen and oxygen atoms in total. The lowest BCUT2D eigenvalue weighted by molar-refractivity contribution is 0.378. The van der Waals surface area contributed by atoms with Crippen molar-refractivity contribution in [2.45, 2.75) is 37.1 Å². The van der Waals surface area contributed by atoms with Gasteiger partial charge in [0.05, 0.1) is 10.9 Å². The van der Waals surface area contributed by atoms with Gasteiger partial charge in [0.1, 0.15) is 0 Å². The Kier molecular flexibility index (Phi) is 5.24. The van der Waals surface area contributed by atoms with Gasteiger partial charge in [0.15, 0.2) is 0 Å². The topological polar surface area (TPSA) is 60.9 Å². The molecule has 0 saturated carbocycles. The van der Waals surface area contributed by atoms with Gasteiger partial charge < -0.3 is 0 Å². The summed E-state index contributed by atoms with van der Waals surface area (Å²) in [4.78, 5) is 0.195. The van der Waals surface area contributed by atoms with Crippen LogP contribution in [0.15, 0.2) is 41.3 Å². The fourth-order valence-electron chi connectivity index (χ4n) is 3.42. The van der Waals surface area contributed by atoms with Gasteiger partial charge in [-0.05, 0) is 52.4 Å². The number of hydrogen-bond acceptors (Lipinski definition) is 3. The molecule has 0 amide bonds. The maximum Gasteiger partial charge on any atom is 0.300 e. The van der Waals surface area contributed by atoms with Crippen molar-refractivity contribution < 1.29 is 13.0 Å². The molecular weight excluding hydrogens is 357 g/mol. The number of rotatable bonds is 4. The molecule has 0 radical (unpaired) electrons. The Balaban J connectivity index is 2.14. The van der Waals surface area contributed by atoms with Crippen LogP contribution in [0, 0.1) is 6.92 Å². The third-order valence-electron chi connectivity index (χ3n) is 4.97. The number of likely N-dealkylation sites (N-methyl/N-ethyl adjacent to an activating group) is 2. The first-order chi connectivity index (χ1) is 11.8. The van der Waals surface area contributed by atoms with Gasteiger partial charge in [0.2, 0.25) is 0 Å². The Labute approximate surface area is 150 Å². The first-order valence-corrected chi connectivity index (χ1v) is 11.6. The predicted molar refractivity (Wildman–Crippen MR) is 99.8 cm³/mol. The number of allylic oxidation sites excluding steroid dienone is 1. The quantitative estimate of drug-likeness (QED) is 0.591. The Morgan fingerprint density at radius 3 is 2.24 bits per heavy atom. The van der Waals surface area contributed by atoms with Crippen molar-refractivity contribution >= 4 is 17.6 Å². The predicted octanol–water partition coefficient (Wildman–Crippen LogP) is 3.08. The average Bonchev–Trinajstić information content (AvgIpc) is 2.84. The Morgan fingerprint density at radius 1 is 1.12 bits per heavy atom. The fraction of sp³-hybridized carbons (Fsp3) is 0.529. The summed E-state index contributed by atoms with van der Waals surface area (Å²) in [5.74, 6) is 0. The lowest BCUT2D eigenvalue weighted by atomic mass is 10.0. The number of sulfonamides is 1. The van der Waals surface area contributed by atoms with E-state index < -0.39 is 17.6 Å². The van der Waals surface area contributed by atoms with Gasteiger partial charge in [-0.15, -0.1) is 4.08 Å². The van der Waals surface area contributed by atoms with Crippen LogP contribution in [0.1, 0.15) is 24.8 Å². The summed E-state index contributed by atoms with van der Waals surface area (Å²) in [5.41, 5.74) is 0.991. The second-order valence-corrected chi connectivity index (χ2v) is 11.7. The van der Waals surface area contributed by atoms with Crippen molar-refractivity contribution in [2.75, 3.05) is 27.2 Å². The highest BCUT2D eigenvalue weighted by Crippen LogP contribution is 2.61. The van der Waals surface area contributed by atoms with Crippen molar-refractivity contribution in [3.63, 3.8) is 0 Å². The van der Waals surface area contributed by atoms with Gasteiger partial charge in [-0.2, -0.15) is 0 Å². The van der Waals surface area contributed by atoms with Crippen molar-refractivity contribution in [3.05, 3.63) is 42.0 Å². The molecule has 1 fully saturated rings. The van der Waals surface area contributed by atoms with Crippen LogP contribution in [0.25, 0.3) is 0 Å². The molecule has 2 aliphatic rings. The van der Waals surface area contributed by atoms with Crippen molar-refractivity contribution in [2.24, 2.45) is 0 Å². The second kappa shape index (κ2) is 6.97. The second-order valence-electron chi connectivity index (χ2n) is 6.79. The lowest BCUT2D eigenvalue weighted by Gasteiger charge is -2.39. The van der Waals surface area contributed by atoms with Crippen LogP contribution in [0.5, 0.6) is 0 Å². The molecule has 0 spiro atoms. The first-order valence-electron chi connectivity index (χ1n) is 8.59. The summed E-state index contributed by atoms with van der Waals surface area (Å²) < 4.78 is 45.6. The first kappa shape index (κ1) is 18.8. The van der Waals surface area contributed by atoms with E-state index in [2.05, 4.69) is 0 Å². The van der Waals surface area contributed by atoms with E-state index in [4.69, 9.17) is 0 Å². The lowest BCUT2D eigenvalue weighted by Crippen LogP contribution is -2.42. The Hall–Kier alpha value is -0.980. The zero-order chi connectivity index (χ0) is 18.2. The SMILES string of the molecule is Cc1ccc(S(=O)(=O)N(C2C=CCCC2)P2(=O)N(C)CCN2C)cc1. The van der Waals surface area contributed by atoms with Crippen LogP contribution >= 0.6 is 7.59 Å². The Bertz CT molecular complexity index is 793. The molecule has 1 aromatic carbocycles. The third-order valence-corrected chi connectivity index (χ3v) is 10.9. The normalized spacial score (nSPS) is 24.9. The van der Waals surface area contributed by atoms with E-state index in [0.29, 0.717) is 19.5 Å². The fourth-order valence-corrected chi connectivity index (χ4v) is 9.20. The molecule has 1 saturated heterocycles. The number of benzene rings is 1. The average molecular weight is 383 g/mol. The highest BCUT2D eigenvalue weighted by molar-refractivity contribution is 7.94. The van der Waals surface area contributed by atoms with Crippen molar-refractivity contribution in [1.29, 1.82) is 0 Å². The van der Waals surface area contributed by atoms with Crippen molar-refractivity contribution in [1.82, 2.24) is 13.4 Å². The van der Waals surface area contributed by atoms with E-state index in [-0.39, 0.29) is 10.9 Å². The molecule has 25 heavy (non-hydrogen) atoms. The summed E-state index contributed by atoms with van der Waals surface area (Å²) >= 11 is 0. The van der Waals surface area contributed by atoms with Crippen molar-refractivity contribution in [3.8, 4) is 0 Å². The van der Waals surface area contributed by atoms with Gasteiger partial charge in [0, 0.05) is 13.1 Å². The molecule has 1 aliphatic heterocycles. The minimum Gasteiger partial charge on any atom is -0.269 e. The minimum atomic E-state index is -3.89. The standard InChI is InChI=1S/C17H26N3O3PS/c1-15-9-11-17(12-10-15)25(22,23)20(16-7-5-4-6-8-16)24(21)18(2)13-14-19(24)3/h5,7,9-12,16H,4,6,8,13-14H2,1-3H3. The molecule has 1 atom stereocenters. The molecule has 8 heteroatoms. The van der Waals surface area contributed by atoms with Crippen LogP contribution in [-0.2, 0) is 14.6 Å².